The molecular formula is C9H21NO2. The van der Waals surface area contributed by atoms with Crippen molar-refractivity contribution in [3.63, 3.8) is 0 Å². The highest BCUT2D eigenvalue weighted by atomic mass is 16.5. The number of hydrogen-bond acceptors (Lipinski definition) is 3. The quantitative estimate of drug-likeness (QED) is 0.535. The Kier molecular flexibility index (Phi) is 8.88. The van der Waals surface area contributed by atoms with E-state index in [1.165, 1.54) is 19.3 Å². The standard InChI is InChI=1S/C9H21NO2/c1-3-4-5-6-10-7-9(11)8-12-2/h9-11H,3-8H2,1-2H3. The first kappa shape index (κ1) is 11.9. The zero-order chi connectivity index (χ0) is 9.23. The number of aliphatic hydroxyl groups excluding tert-OH is 1. The second-order valence-corrected chi connectivity index (χ2v) is 3.02. The van der Waals surface area contributed by atoms with E-state index in [9.17, 15) is 5.11 Å². The van der Waals surface area contributed by atoms with Gasteiger partial charge in [-0.05, 0) is 13.0 Å². The minimum absolute atomic E-state index is 0.364. The van der Waals surface area contributed by atoms with Crippen molar-refractivity contribution in [2.45, 2.75) is 32.3 Å². The van der Waals surface area contributed by atoms with Gasteiger partial charge in [-0.15, -0.1) is 0 Å². The third-order valence-electron chi connectivity index (χ3n) is 1.70. The second kappa shape index (κ2) is 8.97. The van der Waals surface area contributed by atoms with Crippen LogP contribution in [-0.2, 0) is 4.74 Å². The highest BCUT2D eigenvalue weighted by molar-refractivity contribution is 4.57. The number of unbranched alkanes of at least 4 members (excludes halogenated alkanes) is 2. The summed E-state index contributed by atoms with van der Waals surface area (Å²) in [5, 5.41) is 12.4. The maximum absolute atomic E-state index is 9.22. The lowest BCUT2D eigenvalue weighted by molar-refractivity contribution is 0.0646. The van der Waals surface area contributed by atoms with Crippen molar-refractivity contribution in [1.29, 1.82) is 0 Å². The SMILES string of the molecule is CCCCCNCC(O)COC. The van der Waals surface area contributed by atoms with Crippen molar-refractivity contribution in [3.05, 3.63) is 0 Å². The highest BCUT2D eigenvalue weighted by Gasteiger charge is 2.00. The van der Waals surface area contributed by atoms with E-state index in [0.717, 1.165) is 6.54 Å². The van der Waals surface area contributed by atoms with Crippen LogP contribution in [0.2, 0.25) is 0 Å². The summed E-state index contributed by atoms with van der Waals surface area (Å²) in [6.07, 6.45) is 3.32. The second-order valence-electron chi connectivity index (χ2n) is 3.02. The van der Waals surface area contributed by atoms with Crippen LogP contribution in [0.5, 0.6) is 0 Å². The molecule has 0 bridgehead atoms. The summed E-state index contributed by atoms with van der Waals surface area (Å²) in [7, 11) is 1.60. The molecule has 0 aliphatic carbocycles. The number of rotatable bonds is 8. The van der Waals surface area contributed by atoms with E-state index in [2.05, 4.69) is 12.2 Å². The molecule has 0 heterocycles. The van der Waals surface area contributed by atoms with Gasteiger partial charge in [0.15, 0.2) is 0 Å². The van der Waals surface area contributed by atoms with Gasteiger partial charge in [0.1, 0.15) is 0 Å². The van der Waals surface area contributed by atoms with E-state index >= 15 is 0 Å². The topological polar surface area (TPSA) is 41.5 Å². The third-order valence-corrected chi connectivity index (χ3v) is 1.70. The van der Waals surface area contributed by atoms with E-state index in [1.807, 2.05) is 0 Å². The van der Waals surface area contributed by atoms with E-state index in [-0.39, 0.29) is 6.10 Å². The summed E-state index contributed by atoms with van der Waals surface area (Å²) in [5.41, 5.74) is 0. The molecule has 0 radical (unpaired) electrons. The first-order valence-corrected chi connectivity index (χ1v) is 4.69. The zero-order valence-corrected chi connectivity index (χ0v) is 8.18. The Hall–Kier alpha value is -0.120. The maximum atomic E-state index is 9.22. The van der Waals surface area contributed by atoms with Crippen LogP contribution < -0.4 is 5.32 Å². The number of methoxy groups -OCH3 is 1. The van der Waals surface area contributed by atoms with Crippen molar-refractivity contribution in [2.24, 2.45) is 0 Å². The number of nitrogens with one attached hydrogen (secondary N) is 1. The minimum Gasteiger partial charge on any atom is -0.389 e. The zero-order valence-electron chi connectivity index (χ0n) is 8.18. The van der Waals surface area contributed by atoms with Crippen molar-refractivity contribution in [3.8, 4) is 0 Å². The van der Waals surface area contributed by atoms with Gasteiger partial charge in [-0.3, -0.25) is 0 Å². The van der Waals surface area contributed by atoms with Crippen LogP contribution in [0.4, 0.5) is 0 Å². The molecule has 0 aromatic heterocycles. The van der Waals surface area contributed by atoms with E-state index in [4.69, 9.17) is 4.74 Å². The monoisotopic (exact) mass is 175 g/mol. The summed E-state index contributed by atoms with van der Waals surface area (Å²) in [6, 6.07) is 0. The van der Waals surface area contributed by atoms with Gasteiger partial charge in [-0.1, -0.05) is 19.8 Å². The van der Waals surface area contributed by atoms with Gasteiger partial charge >= 0.3 is 0 Å². The first-order valence-electron chi connectivity index (χ1n) is 4.69. The number of hydrogen-bond donors (Lipinski definition) is 2. The maximum Gasteiger partial charge on any atom is 0.0897 e. The van der Waals surface area contributed by atoms with Crippen molar-refractivity contribution in [1.82, 2.24) is 5.32 Å². The molecule has 1 atom stereocenters. The Morgan fingerprint density at radius 2 is 2.17 bits per heavy atom. The summed E-state index contributed by atoms with van der Waals surface area (Å²) in [6.45, 7) is 4.23. The number of ether oxygens (including phenoxy) is 1. The van der Waals surface area contributed by atoms with Crippen LogP contribution in [-0.4, -0.2) is 38.0 Å². The van der Waals surface area contributed by atoms with Crippen molar-refractivity contribution >= 4 is 0 Å². The molecule has 74 valence electrons. The van der Waals surface area contributed by atoms with Gasteiger partial charge in [0, 0.05) is 13.7 Å². The fourth-order valence-electron chi connectivity index (χ4n) is 1.02. The summed E-state index contributed by atoms with van der Waals surface area (Å²) >= 11 is 0. The number of aliphatic hydroxyl groups is 1. The van der Waals surface area contributed by atoms with Crippen LogP contribution in [0.15, 0.2) is 0 Å². The third kappa shape index (κ3) is 7.98. The van der Waals surface area contributed by atoms with E-state index in [0.29, 0.717) is 13.2 Å². The van der Waals surface area contributed by atoms with Crippen LogP contribution >= 0.6 is 0 Å². The van der Waals surface area contributed by atoms with E-state index < -0.39 is 0 Å². The Morgan fingerprint density at radius 3 is 2.75 bits per heavy atom. The molecule has 12 heavy (non-hydrogen) atoms. The molecule has 0 aliphatic rings. The van der Waals surface area contributed by atoms with Crippen LogP contribution in [0, 0.1) is 0 Å². The Balaban J connectivity index is 2.97. The first-order chi connectivity index (χ1) is 5.81. The molecule has 0 fully saturated rings. The van der Waals surface area contributed by atoms with Gasteiger partial charge in [-0.2, -0.15) is 0 Å². The van der Waals surface area contributed by atoms with Crippen molar-refractivity contribution < 1.29 is 9.84 Å². The molecule has 3 heteroatoms. The van der Waals surface area contributed by atoms with Gasteiger partial charge in [0.25, 0.3) is 0 Å². The molecule has 0 aliphatic heterocycles. The predicted octanol–water partition coefficient (Wildman–Crippen LogP) is 0.773. The lowest BCUT2D eigenvalue weighted by atomic mass is 10.2. The Labute approximate surface area is 75.1 Å². The van der Waals surface area contributed by atoms with Crippen molar-refractivity contribution in [2.75, 3.05) is 26.8 Å². The molecule has 3 nitrogen and oxygen atoms in total. The average Bonchev–Trinajstić information content (AvgIpc) is 2.05. The predicted molar refractivity (Wildman–Crippen MR) is 50.3 cm³/mol. The molecule has 0 rings (SSSR count). The lowest BCUT2D eigenvalue weighted by Crippen LogP contribution is -2.30. The summed E-state index contributed by atoms with van der Waals surface area (Å²) < 4.78 is 4.79. The smallest absolute Gasteiger partial charge is 0.0897 e. The van der Waals surface area contributed by atoms with Gasteiger partial charge in [-0.25, -0.2) is 0 Å². The molecule has 0 aromatic carbocycles. The highest BCUT2D eigenvalue weighted by Crippen LogP contribution is 1.91. The summed E-state index contributed by atoms with van der Waals surface area (Å²) in [4.78, 5) is 0. The lowest BCUT2D eigenvalue weighted by Gasteiger charge is -2.09. The fraction of sp³-hybridized carbons (Fsp3) is 1.00. The van der Waals surface area contributed by atoms with Gasteiger partial charge in [0.05, 0.1) is 12.7 Å². The molecule has 0 aromatic rings. The minimum atomic E-state index is -0.364. The summed E-state index contributed by atoms with van der Waals surface area (Å²) in [5.74, 6) is 0. The normalized spacial score (nSPS) is 13.2. The van der Waals surface area contributed by atoms with Crippen LogP contribution in [0.3, 0.4) is 0 Å². The largest absolute Gasteiger partial charge is 0.389 e. The van der Waals surface area contributed by atoms with Gasteiger partial charge < -0.3 is 15.2 Å². The fourth-order valence-corrected chi connectivity index (χ4v) is 1.02. The molecule has 0 saturated heterocycles. The average molecular weight is 175 g/mol. The molecule has 0 amide bonds. The molecule has 1 unspecified atom stereocenters. The Bertz CT molecular complexity index is 88.6. The molecule has 0 saturated carbocycles. The van der Waals surface area contributed by atoms with E-state index in [1.54, 1.807) is 7.11 Å². The van der Waals surface area contributed by atoms with Gasteiger partial charge in [0.2, 0.25) is 0 Å². The molecular weight excluding hydrogens is 154 g/mol. The van der Waals surface area contributed by atoms with Crippen LogP contribution in [0.1, 0.15) is 26.2 Å². The molecule has 2 N–H and O–H groups in total. The molecule has 0 spiro atoms. The Morgan fingerprint density at radius 1 is 1.42 bits per heavy atom. The van der Waals surface area contributed by atoms with Crippen LogP contribution in [0.25, 0.3) is 0 Å².